The molecule has 0 aliphatic carbocycles. The van der Waals surface area contributed by atoms with Gasteiger partial charge in [0.05, 0.1) is 15.7 Å². The number of thiazole rings is 1. The van der Waals surface area contributed by atoms with Crippen LogP contribution >= 0.6 is 27.3 Å². The number of halogens is 1. The maximum absolute atomic E-state index is 11.5. The number of anilines is 3. The smallest absolute Gasteiger partial charge is 0.325 e. The molecule has 0 spiro atoms. The first-order valence-corrected chi connectivity index (χ1v) is 6.25. The fourth-order valence-electron chi connectivity index (χ4n) is 1.35. The molecule has 0 atom stereocenters. The molecule has 7 heteroatoms. The van der Waals surface area contributed by atoms with Gasteiger partial charge >= 0.3 is 6.03 Å². The molecular formula is C10H9BrN4OS. The van der Waals surface area contributed by atoms with Crippen molar-refractivity contribution in [3.8, 4) is 0 Å². The fraction of sp³-hybridized carbons (Fsp3) is 0. The van der Waals surface area contributed by atoms with E-state index in [0.29, 0.717) is 16.5 Å². The van der Waals surface area contributed by atoms with Gasteiger partial charge in [-0.05, 0) is 34.1 Å². The molecule has 4 N–H and O–H groups in total. The summed E-state index contributed by atoms with van der Waals surface area (Å²) >= 11 is 4.60. The first-order chi connectivity index (χ1) is 8.08. The van der Waals surface area contributed by atoms with Crippen molar-refractivity contribution < 1.29 is 4.79 Å². The van der Waals surface area contributed by atoms with Crippen molar-refractivity contribution in [1.29, 1.82) is 0 Å². The lowest BCUT2D eigenvalue weighted by Gasteiger charge is -2.17. The van der Waals surface area contributed by atoms with E-state index in [2.05, 4.69) is 20.9 Å². The molecule has 0 saturated carbocycles. The molecule has 2 amide bonds. The van der Waals surface area contributed by atoms with Crippen LogP contribution in [0.15, 0.2) is 34.2 Å². The normalized spacial score (nSPS) is 10.2. The number of aromatic nitrogens is 1. The van der Waals surface area contributed by atoms with E-state index in [4.69, 9.17) is 11.5 Å². The fourth-order valence-corrected chi connectivity index (χ4v) is 2.55. The lowest BCUT2D eigenvalue weighted by molar-refractivity contribution is 0.256. The van der Waals surface area contributed by atoms with E-state index < -0.39 is 6.03 Å². The quantitative estimate of drug-likeness (QED) is 0.836. The first-order valence-electron chi connectivity index (χ1n) is 4.64. The number of hydrogen-bond acceptors (Lipinski definition) is 4. The Morgan fingerprint density at radius 2 is 2.24 bits per heavy atom. The SMILES string of the molecule is NC(=O)N(c1cccc(N)c1)c1ncc(Br)s1. The van der Waals surface area contributed by atoms with Crippen LogP contribution in [0.25, 0.3) is 0 Å². The molecule has 88 valence electrons. The van der Waals surface area contributed by atoms with Gasteiger partial charge in [-0.1, -0.05) is 17.4 Å². The number of carbonyl (C=O) groups is 1. The molecule has 2 aromatic rings. The van der Waals surface area contributed by atoms with Gasteiger partial charge in [0.15, 0.2) is 5.13 Å². The monoisotopic (exact) mass is 312 g/mol. The first kappa shape index (κ1) is 11.9. The molecule has 2 rings (SSSR count). The van der Waals surface area contributed by atoms with Gasteiger partial charge in [0, 0.05) is 5.69 Å². The Hall–Kier alpha value is -1.60. The second kappa shape index (κ2) is 4.72. The number of amides is 2. The highest BCUT2D eigenvalue weighted by Crippen LogP contribution is 2.32. The standard InChI is InChI=1S/C10H9BrN4OS/c11-8-5-14-10(17-8)15(9(13)16)7-3-1-2-6(12)4-7/h1-5H,12H2,(H2,13,16). The van der Waals surface area contributed by atoms with Gasteiger partial charge in [0.1, 0.15) is 0 Å². The zero-order valence-corrected chi connectivity index (χ0v) is 11.0. The van der Waals surface area contributed by atoms with Crippen LogP contribution < -0.4 is 16.4 Å². The average Bonchev–Trinajstić information content (AvgIpc) is 2.64. The van der Waals surface area contributed by atoms with Crippen LogP contribution in [0.1, 0.15) is 0 Å². The number of nitrogens with zero attached hydrogens (tertiary/aromatic N) is 2. The van der Waals surface area contributed by atoms with E-state index in [1.165, 1.54) is 16.2 Å². The number of nitrogens with two attached hydrogens (primary N) is 2. The molecule has 0 unspecified atom stereocenters. The summed E-state index contributed by atoms with van der Waals surface area (Å²) in [5, 5.41) is 0.495. The maximum Gasteiger partial charge on any atom is 0.325 e. The zero-order chi connectivity index (χ0) is 12.4. The van der Waals surface area contributed by atoms with E-state index in [1.807, 2.05) is 0 Å². The van der Waals surface area contributed by atoms with Crippen LogP contribution in [-0.2, 0) is 0 Å². The van der Waals surface area contributed by atoms with Crippen LogP contribution in [0.3, 0.4) is 0 Å². The van der Waals surface area contributed by atoms with E-state index >= 15 is 0 Å². The number of hydrogen-bond donors (Lipinski definition) is 2. The van der Waals surface area contributed by atoms with Crippen molar-refractivity contribution in [3.63, 3.8) is 0 Å². The lowest BCUT2D eigenvalue weighted by atomic mass is 10.2. The number of primary amides is 1. The number of nitrogen functional groups attached to an aromatic ring is 1. The highest BCUT2D eigenvalue weighted by atomic mass is 79.9. The summed E-state index contributed by atoms with van der Waals surface area (Å²) in [5.74, 6) is 0. The van der Waals surface area contributed by atoms with Gasteiger partial charge in [0.25, 0.3) is 0 Å². The number of rotatable bonds is 2. The average molecular weight is 313 g/mol. The van der Waals surface area contributed by atoms with Gasteiger partial charge in [-0.2, -0.15) is 0 Å². The molecule has 1 aromatic carbocycles. The summed E-state index contributed by atoms with van der Waals surface area (Å²) in [7, 11) is 0. The van der Waals surface area contributed by atoms with Crippen LogP contribution in [0.5, 0.6) is 0 Å². The minimum Gasteiger partial charge on any atom is -0.399 e. The second-order valence-electron chi connectivity index (χ2n) is 3.22. The summed E-state index contributed by atoms with van der Waals surface area (Å²) in [6.45, 7) is 0. The Balaban J connectivity index is 2.46. The summed E-state index contributed by atoms with van der Waals surface area (Å²) in [6.07, 6.45) is 1.61. The zero-order valence-electron chi connectivity index (χ0n) is 8.63. The molecule has 0 aliphatic heterocycles. The minimum atomic E-state index is -0.600. The Morgan fingerprint density at radius 3 is 2.76 bits per heavy atom. The van der Waals surface area contributed by atoms with Crippen LogP contribution in [-0.4, -0.2) is 11.0 Å². The van der Waals surface area contributed by atoms with Crippen LogP contribution in [0.2, 0.25) is 0 Å². The van der Waals surface area contributed by atoms with Gasteiger partial charge < -0.3 is 11.5 Å². The predicted octanol–water partition coefficient (Wildman–Crippen LogP) is 2.70. The summed E-state index contributed by atoms with van der Waals surface area (Å²) in [6, 6.07) is 6.30. The van der Waals surface area contributed by atoms with Crippen LogP contribution in [0.4, 0.5) is 21.3 Å². The van der Waals surface area contributed by atoms with E-state index in [1.54, 1.807) is 30.5 Å². The predicted molar refractivity (Wildman–Crippen MR) is 72.4 cm³/mol. The highest BCUT2D eigenvalue weighted by Gasteiger charge is 2.18. The van der Waals surface area contributed by atoms with Gasteiger partial charge in [-0.15, -0.1) is 0 Å². The van der Waals surface area contributed by atoms with E-state index in [9.17, 15) is 4.79 Å². The molecule has 1 aromatic heterocycles. The maximum atomic E-state index is 11.5. The van der Waals surface area contributed by atoms with Crippen molar-refractivity contribution in [2.24, 2.45) is 5.73 Å². The molecule has 0 saturated heterocycles. The molecule has 0 radical (unpaired) electrons. The molecule has 0 fully saturated rings. The second-order valence-corrected chi connectivity index (χ2v) is 5.60. The van der Waals surface area contributed by atoms with Crippen molar-refractivity contribution in [2.45, 2.75) is 0 Å². The molecule has 0 bridgehead atoms. The Morgan fingerprint density at radius 1 is 1.47 bits per heavy atom. The number of benzene rings is 1. The van der Waals surface area contributed by atoms with Crippen molar-refractivity contribution in [1.82, 2.24) is 4.98 Å². The van der Waals surface area contributed by atoms with E-state index in [-0.39, 0.29) is 0 Å². The topological polar surface area (TPSA) is 85.2 Å². The molecule has 0 aliphatic rings. The van der Waals surface area contributed by atoms with Crippen molar-refractivity contribution >= 4 is 49.8 Å². The van der Waals surface area contributed by atoms with Gasteiger partial charge in [0.2, 0.25) is 0 Å². The lowest BCUT2D eigenvalue weighted by Crippen LogP contribution is -2.31. The Bertz CT molecular complexity index is 557. The van der Waals surface area contributed by atoms with Crippen molar-refractivity contribution in [3.05, 3.63) is 34.2 Å². The van der Waals surface area contributed by atoms with Gasteiger partial charge in [-0.3, -0.25) is 0 Å². The molecular weight excluding hydrogens is 304 g/mol. The third-order valence-corrected chi connectivity index (χ3v) is 3.47. The van der Waals surface area contributed by atoms with E-state index in [0.717, 1.165) is 3.79 Å². The third kappa shape index (κ3) is 2.56. The summed E-state index contributed by atoms with van der Waals surface area (Å²) < 4.78 is 0.822. The highest BCUT2D eigenvalue weighted by molar-refractivity contribution is 9.11. The minimum absolute atomic E-state index is 0.495. The summed E-state index contributed by atoms with van der Waals surface area (Å²) in [5.41, 5.74) is 12.2. The van der Waals surface area contributed by atoms with Crippen molar-refractivity contribution in [2.75, 3.05) is 10.6 Å². The molecule has 17 heavy (non-hydrogen) atoms. The largest absolute Gasteiger partial charge is 0.399 e. The van der Waals surface area contributed by atoms with Crippen LogP contribution in [0, 0.1) is 0 Å². The molecule has 1 heterocycles. The molecule has 5 nitrogen and oxygen atoms in total. The number of urea groups is 1. The Labute approximate surface area is 110 Å². The van der Waals surface area contributed by atoms with Gasteiger partial charge in [-0.25, -0.2) is 14.7 Å². The third-order valence-electron chi connectivity index (χ3n) is 2.01. The summed E-state index contributed by atoms with van der Waals surface area (Å²) in [4.78, 5) is 16.9. The number of carbonyl (C=O) groups excluding carboxylic acids is 1. The Kier molecular flexibility index (Phi) is 3.30.